The first-order valence-electron chi connectivity index (χ1n) is 7.90. The maximum atomic E-state index is 12.8. The van der Waals surface area contributed by atoms with Gasteiger partial charge < -0.3 is 9.64 Å². The number of hydrogen-bond donors (Lipinski definition) is 0. The van der Waals surface area contributed by atoms with Crippen molar-refractivity contribution in [3.8, 4) is 16.2 Å². The van der Waals surface area contributed by atoms with E-state index in [0.29, 0.717) is 12.6 Å². The van der Waals surface area contributed by atoms with Crippen LogP contribution in [0.15, 0.2) is 30.3 Å². The zero-order chi connectivity index (χ0) is 15.1. The van der Waals surface area contributed by atoms with E-state index in [-0.39, 0.29) is 5.91 Å². The number of ether oxygens (including phenoxy) is 1. The number of likely N-dealkylation sites (tertiary alicyclic amines) is 1. The standard InChI is InChI=1S/C18H19NO2S/c1-12-6-4-5-9-19(12)18(20)16-10-13-11-21-15-8-3-2-7-14(15)17(13)22-16/h2-3,7-8,10,12H,4-6,9,11H2,1H3/t12-/m1/s1. The van der Waals surface area contributed by atoms with Crippen LogP contribution in [-0.2, 0) is 6.61 Å². The molecule has 1 saturated heterocycles. The molecule has 3 nitrogen and oxygen atoms in total. The van der Waals surface area contributed by atoms with Crippen molar-refractivity contribution < 1.29 is 9.53 Å². The summed E-state index contributed by atoms with van der Waals surface area (Å²) in [4.78, 5) is 16.9. The highest BCUT2D eigenvalue weighted by atomic mass is 32.1. The fourth-order valence-corrected chi connectivity index (χ4v) is 4.50. The molecule has 0 bridgehead atoms. The number of carbonyl (C=O) groups excluding carboxylic acids is 1. The molecule has 2 aromatic rings. The van der Waals surface area contributed by atoms with Crippen molar-refractivity contribution in [2.45, 2.75) is 38.8 Å². The van der Waals surface area contributed by atoms with Crippen LogP contribution in [0.3, 0.4) is 0 Å². The minimum absolute atomic E-state index is 0.184. The van der Waals surface area contributed by atoms with Gasteiger partial charge in [0.1, 0.15) is 12.4 Å². The second-order valence-electron chi connectivity index (χ2n) is 6.09. The molecule has 114 valence electrons. The minimum atomic E-state index is 0.184. The molecular formula is C18H19NO2S. The van der Waals surface area contributed by atoms with Gasteiger partial charge in [-0.15, -0.1) is 11.3 Å². The Kier molecular flexibility index (Phi) is 3.41. The van der Waals surface area contributed by atoms with Crippen LogP contribution in [-0.4, -0.2) is 23.4 Å². The number of para-hydroxylation sites is 1. The van der Waals surface area contributed by atoms with E-state index in [2.05, 4.69) is 13.0 Å². The Morgan fingerprint density at radius 1 is 1.32 bits per heavy atom. The molecular weight excluding hydrogens is 294 g/mol. The van der Waals surface area contributed by atoms with E-state index in [9.17, 15) is 4.79 Å². The molecule has 0 unspecified atom stereocenters. The Morgan fingerprint density at radius 2 is 2.18 bits per heavy atom. The van der Waals surface area contributed by atoms with Crippen molar-refractivity contribution in [1.82, 2.24) is 4.90 Å². The lowest BCUT2D eigenvalue weighted by atomic mass is 10.0. The summed E-state index contributed by atoms with van der Waals surface area (Å²) in [5, 5.41) is 0. The fraction of sp³-hybridized carbons (Fsp3) is 0.389. The number of amides is 1. The predicted molar refractivity (Wildman–Crippen MR) is 88.4 cm³/mol. The molecule has 1 aromatic carbocycles. The predicted octanol–water partition coefficient (Wildman–Crippen LogP) is 4.32. The summed E-state index contributed by atoms with van der Waals surface area (Å²) in [7, 11) is 0. The third-order valence-electron chi connectivity index (χ3n) is 4.60. The van der Waals surface area contributed by atoms with Crippen LogP contribution >= 0.6 is 11.3 Å². The molecule has 4 rings (SSSR count). The van der Waals surface area contributed by atoms with Crippen molar-refractivity contribution in [1.29, 1.82) is 0 Å². The average molecular weight is 313 g/mol. The lowest BCUT2D eigenvalue weighted by molar-refractivity contribution is 0.0640. The third kappa shape index (κ3) is 2.22. The second-order valence-corrected chi connectivity index (χ2v) is 7.15. The fourth-order valence-electron chi connectivity index (χ4n) is 3.35. The van der Waals surface area contributed by atoms with Gasteiger partial charge in [-0.25, -0.2) is 0 Å². The molecule has 0 saturated carbocycles. The Balaban J connectivity index is 1.68. The van der Waals surface area contributed by atoms with Crippen LogP contribution in [0.5, 0.6) is 5.75 Å². The number of thiophene rings is 1. The zero-order valence-electron chi connectivity index (χ0n) is 12.7. The maximum Gasteiger partial charge on any atom is 0.264 e. The quantitative estimate of drug-likeness (QED) is 0.784. The summed E-state index contributed by atoms with van der Waals surface area (Å²) in [5.74, 6) is 1.10. The first-order valence-corrected chi connectivity index (χ1v) is 8.71. The van der Waals surface area contributed by atoms with E-state index in [1.165, 1.54) is 11.3 Å². The summed E-state index contributed by atoms with van der Waals surface area (Å²) in [5.41, 5.74) is 2.25. The summed E-state index contributed by atoms with van der Waals surface area (Å²) < 4.78 is 5.79. The summed E-state index contributed by atoms with van der Waals surface area (Å²) >= 11 is 1.61. The van der Waals surface area contributed by atoms with Crippen molar-refractivity contribution in [2.75, 3.05) is 6.54 Å². The van der Waals surface area contributed by atoms with E-state index in [4.69, 9.17) is 4.74 Å². The zero-order valence-corrected chi connectivity index (χ0v) is 13.5. The molecule has 2 aliphatic rings. The van der Waals surface area contributed by atoms with Gasteiger partial charge in [-0.2, -0.15) is 0 Å². The molecule has 0 spiro atoms. The van der Waals surface area contributed by atoms with E-state index in [1.54, 1.807) is 11.3 Å². The molecule has 22 heavy (non-hydrogen) atoms. The van der Waals surface area contributed by atoms with E-state index >= 15 is 0 Å². The first kappa shape index (κ1) is 13.8. The normalized spacial score (nSPS) is 20.0. The van der Waals surface area contributed by atoms with Crippen LogP contribution in [0.25, 0.3) is 10.4 Å². The van der Waals surface area contributed by atoms with E-state index < -0.39 is 0 Å². The molecule has 1 amide bonds. The molecule has 0 aliphatic carbocycles. The van der Waals surface area contributed by atoms with Gasteiger partial charge in [0, 0.05) is 28.6 Å². The van der Waals surface area contributed by atoms with Crippen LogP contribution in [0.4, 0.5) is 0 Å². The summed E-state index contributed by atoms with van der Waals surface area (Å²) in [6, 6.07) is 10.4. The van der Waals surface area contributed by atoms with Crippen LogP contribution < -0.4 is 4.74 Å². The number of piperidine rings is 1. The second kappa shape index (κ2) is 5.43. The maximum absolute atomic E-state index is 12.8. The third-order valence-corrected chi connectivity index (χ3v) is 5.80. The topological polar surface area (TPSA) is 29.5 Å². The van der Waals surface area contributed by atoms with Gasteiger partial charge in [0.05, 0.1) is 4.88 Å². The lowest BCUT2D eigenvalue weighted by Crippen LogP contribution is -2.41. The minimum Gasteiger partial charge on any atom is -0.488 e. The van der Waals surface area contributed by atoms with Crippen molar-refractivity contribution >= 4 is 17.2 Å². The first-order chi connectivity index (χ1) is 10.7. The molecule has 1 aromatic heterocycles. The highest BCUT2D eigenvalue weighted by Gasteiger charge is 2.28. The van der Waals surface area contributed by atoms with Crippen LogP contribution in [0, 0.1) is 0 Å². The highest BCUT2D eigenvalue weighted by Crippen LogP contribution is 2.42. The number of benzene rings is 1. The molecule has 1 fully saturated rings. The Hall–Kier alpha value is -1.81. The largest absolute Gasteiger partial charge is 0.488 e. The van der Waals surface area contributed by atoms with Gasteiger partial charge in [0.25, 0.3) is 5.91 Å². The number of fused-ring (bicyclic) bond motifs is 3. The molecule has 4 heteroatoms. The summed E-state index contributed by atoms with van der Waals surface area (Å²) in [6.07, 6.45) is 3.46. The van der Waals surface area contributed by atoms with Gasteiger partial charge >= 0.3 is 0 Å². The monoisotopic (exact) mass is 313 g/mol. The SMILES string of the molecule is C[C@@H]1CCCCN1C(=O)c1cc2c(s1)-c1ccccc1OC2. The lowest BCUT2D eigenvalue weighted by Gasteiger charge is -2.33. The van der Waals surface area contributed by atoms with Gasteiger partial charge in [0.15, 0.2) is 0 Å². The van der Waals surface area contributed by atoms with Gasteiger partial charge in [-0.05, 0) is 44.4 Å². The Labute approximate surface area is 134 Å². The molecule has 0 radical (unpaired) electrons. The summed E-state index contributed by atoms with van der Waals surface area (Å²) in [6.45, 7) is 3.60. The number of hydrogen-bond acceptors (Lipinski definition) is 3. The van der Waals surface area contributed by atoms with E-state index in [0.717, 1.165) is 41.1 Å². The Morgan fingerprint density at radius 3 is 3.05 bits per heavy atom. The number of nitrogens with zero attached hydrogens (tertiary/aromatic N) is 1. The van der Waals surface area contributed by atoms with Crippen molar-refractivity contribution in [2.24, 2.45) is 0 Å². The van der Waals surface area contributed by atoms with Gasteiger partial charge in [-0.3, -0.25) is 4.79 Å². The van der Waals surface area contributed by atoms with Crippen LogP contribution in [0.1, 0.15) is 41.4 Å². The van der Waals surface area contributed by atoms with E-state index in [1.807, 2.05) is 29.2 Å². The van der Waals surface area contributed by atoms with Crippen LogP contribution in [0.2, 0.25) is 0 Å². The van der Waals surface area contributed by atoms with Crippen molar-refractivity contribution in [3.05, 3.63) is 40.8 Å². The highest BCUT2D eigenvalue weighted by molar-refractivity contribution is 7.17. The number of carbonyl (C=O) groups is 1. The number of rotatable bonds is 1. The molecule has 2 aliphatic heterocycles. The smallest absolute Gasteiger partial charge is 0.264 e. The van der Waals surface area contributed by atoms with Gasteiger partial charge in [0.2, 0.25) is 0 Å². The van der Waals surface area contributed by atoms with Crippen molar-refractivity contribution in [3.63, 3.8) is 0 Å². The van der Waals surface area contributed by atoms with Gasteiger partial charge in [-0.1, -0.05) is 12.1 Å². The average Bonchev–Trinajstić information content (AvgIpc) is 2.99. The molecule has 3 heterocycles. The molecule has 1 atom stereocenters. The Bertz CT molecular complexity index is 722. The molecule has 0 N–H and O–H groups in total.